The number of nitrogens with zero attached hydrogens (tertiary/aromatic N) is 2. The molecule has 0 radical (unpaired) electrons. The number of guanidine groups is 1. The van der Waals surface area contributed by atoms with Crippen LogP contribution < -0.4 is 15.4 Å². The van der Waals surface area contributed by atoms with Crippen LogP contribution in [0, 0.1) is 17.5 Å². The van der Waals surface area contributed by atoms with Gasteiger partial charge in [-0.2, -0.15) is 0 Å². The van der Waals surface area contributed by atoms with E-state index in [2.05, 4.69) is 20.5 Å². The number of ether oxygens (including phenoxy) is 1. The summed E-state index contributed by atoms with van der Waals surface area (Å²) in [6.07, 6.45) is 2.19. The smallest absolute Gasteiger partial charge is 0.191 e. The molecule has 0 aliphatic carbocycles. The molecular weight excluding hydrogens is 544 g/mol. The minimum Gasteiger partial charge on any atom is -0.494 e. The third-order valence-electron chi connectivity index (χ3n) is 5.55. The van der Waals surface area contributed by atoms with Gasteiger partial charge in [-0.15, -0.1) is 24.0 Å². The second-order valence-corrected chi connectivity index (χ2v) is 7.91. The molecule has 0 amide bonds. The molecule has 1 heterocycles. The SMILES string of the molecule is CCNC(=NCCc1cc(F)ccc1F)NC1CCN(Cc2ccc(OC)c(F)c2)CC1.I. The molecule has 0 saturated carbocycles. The Bertz CT molecular complexity index is 921. The van der Waals surface area contributed by atoms with Crippen molar-refractivity contribution in [3.8, 4) is 5.75 Å². The maximum absolute atomic E-state index is 13.9. The van der Waals surface area contributed by atoms with Crippen LogP contribution in [0.25, 0.3) is 0 Å². The standard InChI is InChI=1S/C24H31F3N4O.HI/c1-3-28-24(29-11-8-18-15-19(25)5-6-21(18)26)30-20-9-12-31(13-10-20)16-17-4-7-23(32-2)22(27)14-17;/h4-7,14-15,20H,3,8-13,16H2,1-2H3,(H2,28,29,30);1H. The van der Waals surface area contributed by atoms with Crippen LogP contribution in [0.1, 0.15) is 30.9 Å². The zero-order valence-corrected chi connectivity index (χ0v) is 21.4. The molecule has 0 bridgehead atoms. The number of halogens is 4. The summed E-state index contributed by atoms with van der Waals surface area (Å²) >= 11 is 0. The van der Waals surface area contributed by atoms with Crippen molar-refractivity contribution in [3.63, 3.8) is 0 Å². The van der Waals surface area contributed by atoms with E-state index in [1.54, 1.807) is 6.07 Å². The number of hydrogen-bond acceptors (Lipinski definition) is 3. The Balaban J connectivity index is 0.00000385. The highest BCUT2D eigenvalue weighted by atomic mass is 127. The Morgan fingerprint density at radius 3 is 2.52 bits per heavy atom. The zero-order valence-electron chi connectivity index (χ0n) is 19.0. The van der Waals surface area contributed by atoms with E-state index < -0.39 is 11.6 Å². The fraction of sp³-hybridized carbons (Fsp3) is 0.458. The monoisotopic (exact) mass is 576 g/mol. The highest BCUT2D eigenvalue weighted by molar-refractivity contribution is 14.0. The molecule has 33 heavy (non-hydrogen) atoms. The minimum atomic E-state index is -0.445. The number of aliphatic imine (C=N–C) groups is 1. The molecule has 1 fully saturated rings. The van der Waals surface area contributed by atoms with Gasteiger partial charge >= 0.3 is 0 Å². The van der Waals surface area contributed by atoms with Crippen molar-refractivity contribution < 1.29 is 17.9 Å². The summed E-state index contributed by atoms with van der Waals surface area (Å²) < 4.78 is 46.0. The van der Waals surface area contributed by atoms with E-state index in [-0.39, 0.29) is 41.6 Å². The van der Waals surface area contributed by atoms with Crippen LogP contribution >= 0.6 is 24.0 Å². The maximum atomic E-state index is 13.9. The van der Waals surface area contributed by atoms with Crippen molar-refractivity contribution in [3.05, 3.63) is 65.0 Å². The second kappa shape index (κ2) is 13.6. The summed E-state index contributed by atoms with van der Waals surface area (Å²) in [6.45, 7) is 5.53. The molecule has 2 N–H and O–H groups in total. The van der Waals surface area contributed by atoms with Gasteiger partial charge in [0.05, 0.1) is 7.11 Å². The molecule has 1 saturated heterocycles. The average molecular weight is 576 g/mol. The predicted molar refractivity (Wildman–Crippen MR) is 136 cm³/mol. The molecule has 0 spiro atoms. The molecular formula is C24H32F3IN4O. The normalized spacial score (nSPS) is 15.1. The van der Waals surface area contributed by atoms with Crippen LogP contribution in [0.2, 0.25) is 0 Å². The molecule has 0 atom stereocenters. The zero-order chi connectivity index (χ0) is 22.9. The lowest BCUT2D eigenvalue weighted by atomic mass is 10.0. The van der Waals surface area contributed by atoms with Crippen molar-refractivity contribution in [2.24, 2.45) is 4.99 Å². The van der Waals surface area contributed by atoms with Gasteiger partial charge in [-0.05, 0) is 67.6 Å². The van der Waals surface area contributed by atoms with Gasteiger partial charge in [0.2, 0.25) is 0 Å². The number of rotatable bonds is 8. The molecule has 9 heteroatoms. The van der Waals surface area contributed by atoms with E-state index in [0.717, 1.165) is 43.6 Å². The Morgan fingerprint density at radius 1 is 1.09 bits per heavy atom. The van der Waals surface area contributed by atoms with Crippen LogP contribution in [0.5, 0.6) is 5.75 Å². The number of methoxy groups -OCH3 is 1. The Morgan fingerprint density at radius 2 is 1.85 bits per heavy atom. The molecule has 182 valence electrons. The third kappa shape index (κ3) is 8.37. The first-order valence-corrected chi connectivity index (χ1v) is 11.0. The maximum Gasteiger partial charge on any atom is 0.191 e. The Hall–Kier alpha value is -2.01. The summed E-state index contributed by atoms with van der Waals surface area (Å²) in [4.78, 5) is 6.83. The molecule has 0 unspecified atom stereocenters. The molecule has 1 aliphatic heterocycles. The predicted octanol–water partition coefficient (Wildman–Crippen LogP) is 4.49. The largest absolute Gasteiger partial charge is 0.494 e. The van der Waals surface area contributed by atoms with Crippen molar-refractivity contribution in [1.29, 1.82) is 0 Å². The van der Waals surface area contributed by atoms with E-state index >= 15 is 0 Å². The van der Waals surface area contributed by atoms with Crippen LogP contribution in [-0.2, 0) is 13.0 Å². The third-order valence-corrected chi connectivity index (χ3v) is 5.55. The first-order valence-electron chi connectivity index (χ1n) is 11.0. The van der Waals surface area contributed by atoms with E-state index in [4.69, 9.17) is 4.74 Å². The number of likely N-dealkylation sites (tertiary alicyclic amines) is 1. The number of nitrogens with one attached hydrogen (secondary N) is 2. The molecule has 0 aromatic heterocycles. The molecule has 2 aromatic rings. The molecule has 1 aliphatic rings. The van der Waals surface area contributed by atoms with Gasteiger partial charge in [-0.25, -0.2) is 13.2 Å². The number of hydrogen-bond donors (Lipinski definition) is 2. The highest BCUT2D eigenvalue weighted by Crippen LogP contribution is 2.20. The van der Waals surface area contributed by atoms with Crippen LogP contribution in [0.4, 0.5) is 13.2 Å². The number of benzene rings is 2. The number of piperidine rings is 1. The van der Waals surface area contributed by atoms with Gasteiger partial charge in [0.25, 0.3) is 0 Å². The van der Waals surface area contributed by atoms with E-state index in [0.29, 0.717) is 37.6 Å². The van der Waals surface area contributed by atoms with Crippen LogP contribution in [0.15, 0.2) is 41.4 Å². The summed E-state index contributed by atoms with van der Waals surface area (Å²) in [5.41, 5.74) is 1.25. The average Bonchev–Trinajstić information content (AvgIpc) is 2.78. The highest BCUT2D eigenvalue weighted by Gasteiger charge is 2.20. The van der Waals surface area contributed by atoms with Crippen LogP contribution in [0.3, 0.4) is 0 Å². The molecule has 3 rings (SSSR count). The van der Waals surface area contributed by atoms with Gasteiger partial charge in [0, 0.05) is 38.8 Å². The van der Waals surface area contributed by atoms with Gasteiger partial charge in [-0.1, -0.05) is 6.07 Å². The fourth-order valence-corrected chi connectivity index (χ4v) is 3.84. The second-order valence-electron chi connectivity index (χ2n) is 7.91. The van der Waals surface area contributed by atoms with Gasteiger partial charge < -0.3 is 15.4 Å². The van der Waals surface area contributed by atoms with Crippen molar-refractivity contribution in [2.75, 3.05) is 33.3 Å². The van der Waals surface area contributed by atoms with E-state index in [1.165, 1.54) is 19.2 Å². The fourth-order valence-electron chi connectivity index (χ4n) is 3.84. The van der Waals surface area contributed by atoms with Gasteiger partial charge in [-0.3, -0.25) is 9.89 Å². The lowest BCUT2D eigenvalue weighted by Gasteiger charge is -2.33. The Kier molecular flexibility index (Phi) is 11.3. The summed E-state index contributed by atoms with van der Waals surface area (Å²) in [5.74, 6) is -0.263. The van der Waals surface area contributed by atoms with E-state index in [9.17, 15) is 13.2 Å². The first-order chi connectivity index (χ1) is 15.5. The quantitative estimate of drug-likeness (QED) is 0.276. The Labute approximate surface area is 210 Å². The van der Waals surface area contributed by atoms with Crippen molar-refractivity contribution >= 4 is 29.9 Å². The lowest BCUT2D eigenvalue weighted by Crippen LogP contribution is -2.48. The summed E-state index contributed by atoms with van der Waals surface area (Å²) in [7, 11) is 1.46. The van der Waals surface area contributed by atoms with Crippen molar-refractivity contribution in [1.82, 2.24) is 15.5 Å². The minimum absolute atomic E-state index is 0. The van der Waals surface area contributed by atoms with Crippen molar-refractivity contribution in [2.45, 2.75) is 38.8 Å². The summed E-state index contributed by atoms with van der Waals surface area (Å²) in [5, 5.41) is 6.66. The first kappa shape index (κ1) is 27.2. The van der Waals surface area contributed by atoms with Gasteiger partial charge in [0.15, 0.2) is 17.5 Å². The summed E-state index contributed by atoms with van der Waals surface area (Å²) in [6, 6.07) is 8.83. The molecule has 2 aromatic carbocycles. The van der Waals surface area contributed by atoms with E-state index in [1.807, 2.05) is 13.0 Å². The molecule has 5 nitrogen and oxygen atoms in total. The topological polar surface area (TPSA) is 48.9 Å². The van der Waals surface area contributed by atoms with Crippen LogP contribution in [-0.4, -0.2) is 50.2 Å². The lowest BCUT2D eigenvalue weighted by molar-refractivity contribution is 0.198. The van der Waals surface area contributed by atoms with Gasteiger partial charge in [0.1, 0.15) is 11.6 Å².